The van der Waals surface area contributed by atoms with E-state index in [0.29, 0.717) is 17.7 Å². The van der Waals surface area contributed by atoms with Gasteiger partial charge in [-0.1, -0.05) is 19.1 Å². The first-order chi connectivity index (χ1) is 11.5. The Morgan fingerprint density at radius 1 is 1.33 bits per heavy atom. The van der Waals surface area contributed by atoms with E-state index < -0.39 is 17.5 Å². The van der Waals surface area contributed by atoms with Gasteiger partial charge in [0.2, 0.25) is 5.91 Å². The molecule has 1 aliphatic carbocycles. The minimum absolute atomic E-state index is 0.191. The molecule has 1 saturated heterocycles. The monoisotopic (exact) mass is 331 g/mol. The number of hydrogen-bond donors (Lipinski definition) is 2. The summed E-state index contributed by atoms with van der Waals surface area (Å²) in [5.41, 5.74) is -0.460. The Morgan fingerprint density at radius 3 is 2.54 bits per heavy atom. The second-order valence-electron chi connectivity index (χ2n) is 6.15. The van der Waals surface area contributed by atoms with Crippen molar-refractivity contribution in [1.82, 2.24) is 15.5 Å². The van der Waals surface area contributed by atoms with Crippen LogP contribution in [0.5, 0.6) is 5.75 Å². The van der Waals surface area contributed by atoms with Crippen LogP contribution < -0.4 is 15.4 Å². The summed E-state index contributed by atoms with van der Waals surface area (Å²) >= 11 is 0. The molecule has 1 heterocycles. The van der Waals surface area contributed by atoms with Crippen molar-refractivity contribution in [3.63, 3.8) is 0 Å². The Morgan fingerprint density at radius 2 is 2.00 bits per heavy atom. The molecular formula is C17H21N3O4. The maximum Gasteiger partial charge on any atom is 0.325 e. The van der Waals surface area contributed by atoms with E-state index in [2.05, 4.69) is 10.6 Å². The highest BCUT2D eigenvalue weighted by Crippen LogP contribution is 2.33. The number of hydrogen-bond acceptors (Lipinski definition) is 4. The van der Waals surface area contributed by atoms with E-state index in [1.807, 2.05) is 6.92 Å². The number of nitrogens with zero attached hydrogens (tertiary/aromatic N) is 1. The molecule has 3 rings (SSSR count). The number of nitrogens with one attached hydrogen (secondary N) is 2. The Labute approximate surface area is 140 Å². The summed E-state index contributed by atoms with van der Waals surface area (Å²) < 4.78 is 5.13. The molecule has 0 spiro atoms. The number of methoxy groups -OCH3 is 1. The van der Waals surface area contributed by atoms with Crippen molar-refractivity contribution in [1.29, 1.82) is 0 Å². The highest BCUT2D eigenvalue weighted by Gasteiger charge is 2.51. The highest BCUT2D eigenvalue weighted by atomic mass is 16.5. The number of ether oxygens (including phenoxy) is 1. The fourth-order valence-corrected chi connectivity index (χ4v) is 2.93. The second kappa shape index (κ2) is 6.14. The van der Waals surface area contributed by atoms with E-state index >= 15 is 0 Å². The molecule has 0 bridgehead atoms. The number of imide groups is 1. The molecule has 128 valence electrons. The Balaban J connectivity index is 1.81. The molecule has 4 amide bonds. The van der Waals surface area contributed by atoms with Gasteiger partial charge in [-0.15, -0.1) is 0 Å². The summed E-state index contributed by atoms with van der Waals surface area (Å²) in [6, 6.07) is 6.66. The Bertz CT molecular complexity index is 669. The van der Waals surface area contributed by atoms with Gasteiger partial charge in [0.15, 0.2) is 0 Å². The van der Waals surface area contributed by atoms with Gasteiger partial charge < -0.3 is 15.4 Å². The van der Waals surface area contributed by atoms with E-state index in [1.54, 1.807) is 31.4 Å². The van der Waals surface area contributed by atoms with Gasteiger partial charge in [-0.2, -0.15) is 0 Å². The summed E-state index contributed by atoms with van der Waals surface area (Å²) in [7, 11) is 1.56. The lowest BCUT2D eigenvalue weighted by atomic mass is 9.87. The Hall–Kier alpha value is -2.57. The van der Waals surface area contributed by atoms with Crippen LogP contribution in [0.15, 0.2) is 24.3 Å². The van der Waals surface area contributed by atoms with Crippen LogP contribution in [0, 0.1) is 0 Å². The van der Waals surface area contributed by atoms with Crippen LogP contribution in [-0.2, 0) is 15.1 Å². The van der Waals surface area contributed by atoms with Crippen molar-refractivity contribution >= 4 is 17.8 Å². The molecule has 24 heavy (non-hydrogen) atoms. The second-order valence-corrected chi connectivity index (χ2v) is 6.15. The number of benzene rings is 1. The standard InChI is InChI=1S/C17H21N3O4/c1-3-17(11-4-8-13(24-2)9-5-11)15(22)20(16(23)19-17)10-14(21)18-12-6-7-12/h4-5,8-9,12H,3,6-7,10H2,1-2H3,(H,18,21)(H,19,23)/t17-/m1/s1. The van der Waals surface area contributed by atoms with Crippen LogP contribution in [0.2, 0.25) is 0 Å². The summed E-state index contributed by atoms with van der Waals surface area (Å²) in [4.78, 5) is 38.1. The van der Waals surface area contributed by atoms with Crippen LogP contribution in [-0.4, -0.2) is 42.4 Å². The van der Waals surface area contributed by atoms with Gasteiger partial charge in [0.25, 0.3) is 5.91 Å². The summed E-state index contributed by atoms with van der Waals surface area (Å²) in [6.45, 7) is 1.58. The molecule has 1 aliphatic heterocycles. The van der Waals surface area contributed by atoms with Crippen molar-refractivity contribution in [2.24, 2.45) is 0 Å². The van der Waals surface area contributed by atoms with Gasteiger partial charge in [-0.25, -0.2) is 4.79 Å². The normalized spacial score (nSPS) is 23.2. The third kappa shape index (κ3) is 2.81. The average molecular weight is 331 g/mol. The van der Waals surface area contributed by atoms with E-state index in [9.17, 15) is 14.4 Å². The van der Waals surface area contributed by atoms with Crippen molar-refractivity contribution in [3.8, 4) is 5.75 Å². The lowest BCUT2D eigenvalue weighted by Gasteiger charge is -2.26. The highest BCUT2D eigenvalue weighted by molar-refractivity contribution is 6.09. The minimum atomic E-state index is -1.14. The molecule has 2 N–H and O–H groups in total. The van der Waals surface area contributed by atoms with Gasteiger partial charge in [-0.05, 0) is 37.0 Å². The fraction of sp³-hybridized carbons (Fsp3) is 0.471. The van der Waals surface area contributed by atoms with Crippen LogP contribution in [0.4, 0.5) is 4.79 Å². The lowest BCUT2D eigenvalue weighted by Crippen LogP contribution is -2.45. The van der Waals surface area contributed by atoms with E-state index in [-0.39, 0.29) is 18.5 Å². The number of carbonyl (C=O) groups is 3. The van der Waals surface area contributed by atoms with Crippen LogP contribution in [0.3, 0.4) is 0 Å². The number of urea groups is 1. The van der Waals surface area contributed by atoms with Crippen molar-refractivity contribution in [3.05, 3.63) is 29.8 Å². The SMILES string of the molecule is CC[C@]1(c2ccc(OC)cc2)NC(=O)N(CC(=O)NC2CC2)C1=O. The first-order valence-electron chi connectivity index (χ1n) is 8.08. The molecular weight excluding hydrogens is 310 g/mol. The van der Waals surface area contributed by atoms with Crippen LogP contribution in [0.25, 0.3) is 0 Å². The molecule has 1 aromatic carbocycles. The van der Waals surface area contributed by atoms with Crippen LogP contribution >= 0.6 is 0 Å². The van der Waals surface area contributed by atoms with Gasteiger partial charge in [-0.3, -0.25) is 14.5 Å². The fourth-order valence-electron chi connectivity index (χ4n) is 2.93. The molecule has 1 saturated carbocycles. The molecule has 2 aliphatic rings. The molecule has 0 aromatic heterocycles. The predicted molar refractivity (Wildman–Crippen MR) is 86.4 cm³/mol. The first kappa shape index (κ1) is 16.3. The first-order valence-corrected chi connectivity index (χ1v) is 8.08. The quantitative estimate of drug-likeness (QED) is 0.765. The summed E-state index contributed by atoms with van der Waals surface area (Å²) in [5, 5.41) is 5.55. The zero-order chi connectivity index (χ0) is 17.3. The molecule has 0 radical (unpaired) electrons. The smallest absolute Gasteiger partial charge is 0.325 e. The maximum atomic E-state index is 12.9. The third-order valence-corrected chi connectivity index (χ3v) is 4.53. The van der Waals surface area contributed by atoms with Gasteiger partial charge in [0, 0.05) is 6.04 Å². The van der Waals surface area contributed by atoms with Gasteiger partial charge in [0.05, 0.1) is 7.11 Å². The van der Waals surface area contributed by atoms with Crippen molar-refractivity contribution < 1.29 is 19.1 Å². The predicted octanol–water partition coefficient (Wildman–Crippen LogP) is 1.13. The van der Waals surface area contributed by atoms with E-state index in [4.69, 9.17) is 4.74 Å². The van der Waals surface area contributed by atoms with Crippen molar-refractivity contribution in [2.75, 3.05) is 13.7 Å². The number of amides is 4. The third-order valence-electron chi connectivity index (χ3n) is 4.53. The summed E-state index contributed by atoms with van der Waals surface area (Å²) in [5.74, 6) is -0.0313. The number of rotatable bonds is 6. The molecule has 1 aromatic rings. The van der Waals surface area contributed by atoms with Crippen molar-refractivity contribution in [2.45, 2.75) is 37.8 Å². The Kier molecular flexibility index (Phi) is 4.17. The molecule has 2 fully saturated rings. The van der Waals surface area contributed by atoms with Gasteiger partial charge in [0.1, 0.15) is 17.8 Å². The van der Waals surface area contributed by atoms with Gasteiger partial charge >= 0.3 is 6.03 Å². The number of carbonyl (C=O) groups excluding carboxylic acids is 3. The summed E-state index contributed by atoms with van der Waals surface area (Å²) in [6.07, 6.45) is 2.30. The molecule has 1 atom stereocenters. The van der Waals surface area contributed by atoms with Crippen LogP contribution in [0.1, 0.15) is 31.7 Å². The van der Waals surface area contributed by atoms with E-state index in [0.717, 1.165) is 17.7 Å². The molecule has 7 nitrogen and oxygen atoms in total. The average Bonchev–Trinajstić information content (AvgIpc) is 3.36. The topological polar surface area (TPSA) is 87.7 Å². The molecule has 7 heteroatoms. The van der Waals surface area contributed by atoms with E-state index in [1.165, 1.54) is 0 Å². The zero-order valence-electron chi connectivity index (χ0n) is 13.8. The maximum absolute atomic E-state index is 12.9. The largest absolute Gasteiger partial charge is 0.497 e. The zero-order valence-corrected chi connectivity index (χ0v) is 13.8. The minimum Gasteiger partial charge on any atom is -0.497 e. The molecule has 0 unspecified atom stereocenters. The lowest BCUT2D eigenvalue weighted by molar-refractivity contribution is -0.135.